The van der Waals surface area contributed by atoms with Gasteiger partial charge in [-0.15, -0.1) is 6.42 Å². The summed E-state index contributed by atoms with van der Waals surface area (Å²) in [6.45, 7) is 0. The van der Waals surface area contributed by atoms with Crippen LogP contribution >= 0.6 is 11.6 Å². The number of rotatable bonds is 3. The van der Waals surface area contributed by atoms with E-state index in [1.807, 2.05) is 6.07 Å². The van der Waals surface area contributed by atoms with Gasteiger partial charge in [0.05, 0.1) is 5.41 Å². The molecule has 1 saturated carbocycles. The molecule has 0 atom stereocenters. The van der Waals surface area contributed by atoms with Gasteiger partial charge in [-0.3, -0.25) is 4.79 Å². The molecule has 1 aromatic heterocycles. The van der Waals surface area contributed by atoms with Gasteiger partial charge in [-0.1, -0.05) is 29.7 Å². The first kappa shape index (κ1) is 14.6. The van der Waals surface area contributed by atoms with Crippen LogP contribution in [0.3, 0.4) is 0 Å². The first-order chi connectivity index (χ1) is 10.6. The molecule has 0 saturated heterocycles. The Morgan fingerprint density at radius 3 is 2.68 bits per heavy atom. The standard InChI is InChI=1S/C18H15ClN2O/c1-2-18(9-4-10-18)14-7-8-16(20-12-14)21-17(22)13-5-3-6-15(19)11-13/h1,3,5-8,11-12H,4,9-10H2,(H,20,21,22). The Kier molecular flexibility index (Phi) is 3.87. The third kappa shape index (κ3) is 2.70. The largest absolute Gasteiger partial charge is 0.307 e. The van der Waals surface area contributed by atoms with Crippen LogP contribution in [-0.4, -0.2) is 10.9 Å². The second kappa shape index (κ2) is 5.82. The Labute approximate surface area is 134 Å². The molecule has 1 aliphatic rings. The van der Waals surface area contributed by atoms with E-state index in [-0.39, 0.29) is 11.3 Å². The van der Waals surface area contributed by atoms with E-state index in [2.05, 4.69) is 16.2 Å². The minimum Gasteiger partial charge on any atom is -0.307 e. The predicted octanol–water partition coefficient (Wildman–Crippen LogP) is 4.04. The monoisotopic (exact) mass is 310 g/mol. The van der Waals surface area contributed by atoms with Crippen molar-refractivity contribution in [3.05, 3.63) is 58.7 Å². The predicted molar refractivity (Wildman–Crippen MR) is 88.0 cm³/mol. The van der Waals surface area contributed by atoms with Crippen LogP contribution in [0.5, 0.6) is 0 Å². The average molecular weight is 311 g/mol. The lowest BCUT2D eigenvalue weighted by atomic mass is 9.65. The van der Waals surface area contributed by atoms with Gasteiger partial charge in [0, 0.05) is 16.8 Å². The Balaban J connectivity index is 1.74. The number of aromatic nitrogens is 1. The summed E-state index contributed by atoms with van der Waals surface area (Å²) in [5, 5.41) is 3.28. The summed E-state index contributed by atoms with van der Waals surface area (Å²) in [7, 11) is 0. The Hall–Kier alpha value is -2.31. The van der Waals surface area contributed by atoms with Crippen LogP contribution in [0.15, 0.2) is 42.6 Å². The second-order valence-electron chi connectivity index (χ2n) is 5.48. The summed E-state index contributed by atoms with van der Waals surface area (Å²) in [5.41, 5.74) is 1.38. The van der Waals surface area contributed by atoms with Crippen molar-refractivity contribution >= 4 is 23.3 Å². The molecule has 0 spiro atoms. The first-order valence-corrected chi connectivity index (χ1v) is 7.52. The van der Waals surface area contributed by atoms with Crippen LogP contribution in [0.2, 0.25) is 5.02 Å². The van der Waals surface area contributed by atoms with Crippen LogP contribution in [0.4, 0.5) is 5.82 Å². The number of hydrogen-bond acceptors (Lipinski definition) is 2. The molecule has 4 heteroatoms. The molecule has 1 aromatic carbocycles. The van der Waals surface area contributed by atoms with Gasteiger partial charge in [0.2, 0.25) is 0 Å². The number of amides is 1. The van der Waals surface area contributed by atoms with Gasteiger partial charge < -0.3 is 5.32 Å². The fourth-order valence-electron chi connectivity index (χ4n) is 2.62. The number of hydrogen-bond donors (Lipinski definition) is 1. The van der Waals surface area contributed by atoms with Gasteiger partial charge in [0.1, 0.15) is 5.82 Å². The molecular weight excluding hydrogens is 296 g/mol. The number of carbonyl (C=O) groups excluding carboxylic acids is 1. The molecule has 0 radical (unpaired) electrons. The van der Waals surface area contributed by atoms with E-state index in [9.17, 15) is 4.79 Å². The van der Waals surface area contributed by atoms with E-state index in [0.717, 1.165) is 24.8 Å². The van der Waals surface area contributed by atoms with E-state index >= 15 is 0 Å². The van der Waals surface area contributed by atoms with Crippen molar-refractivity contribution in [2.45, 2.75) is 24.7 Å². The number of anilines is 1. The van der Waals surface area contributed by atoms with Crippen molar-refractivity contribution in [2.24, 2.45) is 0 Å². The smallest absolute Gasteiger partial charge is 0.256 e. The summed E-state index contributed by atoms with van der Waals surface area (Å²) in [6.07, 6.45) is 10.6. The van der Waals surface area contributed by atoms with Crippen LogP contribution < -0.4 is 5.32 Å². The molecule has 22 heavy (non-hydrogen) atoms. The minimum atomic E-state index is -0.238. The van der Waals surface area contributed by atoms with Gasteiger partial charge >= 0.3 is 0 Å². The highest BCUT2D eigenvalue weighted by molar-refractivity contribution is 6.31. The minimum absolute atomic E-state index is 0.164. The third-order valence-electron chi connectivity index (χ3n) is 4.13. The Morgan fingerprint density at radius 1 is 1.32 bits per heavy atom. The highest BCUT2D eigenvalue weighted by Gasteiger charge is 2.36. The number of nitrogens with zero attached hydrogens (tertiary/aromatic N) is 1. The first-order valence-electron chi connectivity index (χ1n) is 7.14. The molecule has 1 amide bonds. The van der Waals surface area contributed by atoms with Crippen LogP contribution in [-0.2, 0) is 5.41 Å². The molecule has 1 fully saturated rings. The van der Waals surface area contributed by atoms with Gasteiger partial charge in [-0.05, 0) is 49.1 Å². The van der Waals surface area contributed by atoms with E-state index in [4.69, 9.17) is 18.0 Å². The molecule has 1 N–H and O–H groups in total. The maximum atomic E-state index is 12.1. The lowest BCUT2D eigenvalue weighted by molar-refractivity contribution is 0.102. The van der Waals surface area contributed by atoms with Crippen LogP contribution in [0.25, 0.3) is 0 Å². The molecule has 0 bridgehead atoms. The van der Waals surface area contributed by atoms with Gasteiger partial charge in [-0.2, -0.15) is 0 Å². The van der Waals surface area contributed by atoms with Crippen molar-refractivity contribution in [1.82, 2.24) is 4.98 Å². The average Bonchev–Trinajstić information content (AvgIpc) is 2.48. The lowest BCUT2D eigenvalue weighted by Gasteiger charge is -2.37. The lowest BCUT2D eigenvalue weighted by Crippen LogP contribution is -2.32. The quantitative estimate of drug-likeness (QED) is 0.869. The van der Waals surface area contributed by atoms with E-state index in [1.54, 1.807) is 36.5 Å². The highest BCUT2D eigenvalue weighted by Crippen LogP contribution is 2.42. The second-order valence-corrected chi connectivity index (χ2v) is 5.91. The number of pyridine rings is 1. The number of nitrogens with one attached hydrogen (secondary N) is 1. The molecule has 1 heterocycles. The van der Waals surface area contributed by atoms with Crippen molar-refractivity contribution < 1.29 is 4.79 Å². The fraction of sp³-hybridized carbons (Fsp3) is 0.222. The fourth-order valence-corrected chi connectivity index (χ4v) is 2.81. The maximum Gasteiger partial charge on any atom is 0.256 e. The van der Waals surface area contributed by atoms with E-state index in [1.165, 1.54) is 0 Å². The molecule has 110 valence electrons. The Morgan fingerprint density at radius 2 is 2.14 bits per heavy atom. The molecule has 1 aliphatic carbocycles. The summed E-state index contributed by atoms with van der Waals surface area (Å²) < 4.78 is 0. The number of carbonyl (C=O) groups is 1. The molecule has 3 nitrogen and oxygen atoms in total. The van der Waals surface area contributed by atoms with Crippen molar-refractivity contribution in [3.8, 4) is 12.3 Å². The van der Waals surface area contributed by atoms with Crippen molar-refractivity contribution in [3.63, 3.8) is 0 Å². The van der Waals surface area contributed by atoms with E-state index < -0.39 is 0 Å². The van der Waals surface area contributed by atoms with Crippen LogP contribution in [0.1, 0.15) is 35.2 Å². The van der Waals surface area contributed by atoms with Crippen LogP contribution in [0, 0.1) is 12.3 Å². The zero-order chi connectivity index (χ0) is 15.6. The number of benzene rings is 1. The third-order valence-corrected chi connectivity index (χ3v) is 4.36. The van der Waals surface area contributed by atoms with Gasteiger partial charge in [0.25, 0.3) is 5.91 Å². The summed E-state index contributed by atoms with van der Waals surface area (Å²) in [4.78, 5) is 16.4. The molecular formula is C18H15ClN2O. The highest BCUT2D eigenvalue weighted by atomic mass is 35.5. The van der Waals surface area contributed by atoms with E-state index in [0.29, 0.717) is 16.4 Å². The SMILES string of the molecule is C#CC1(c2ccc(NC(=O)c3cccc(Cl)c3)nc2)CCC1. The zero-order valence-corrected chi connectivity index (χ0v) is 12.7. The maximum absolute atomic E-state index is 12.1. The number of halogens is 1. The summed E-state index contributed by atoms with van der Waals surface area (Å²) in [6, 6.07) is 10.5. The molecule has 0 aliphatic heterocycles. The normalized spacial score (nSPS) is 15.5. The summed E-state index contributed by atoms with van der Waals surface area (Å²) in [5.74, 6) is 3.14. The van der Waals surface area contributed by atoms with Crippen molar-refractivity contribution in [1.29, 1.82) is 0 Å². The van der Waals surface area contributed by atoms with Crippen molar-refractivity contribution in [2.75, 3.05) is 5.32 Å². The molecule has 3 rings (SSSR count). The van der Waals surface area contributed by atoms with Gasteiger partial charge in [-0.25, -0.2) is 4.98 Å². The summed E-state index contributed by atoms with van der Waals surface area (Å²) >= 11 is 5.89. The molecule has 2 aromatic rings. The molecule has 0 unspecified atom stereocenters. The zero-order valence-electron chi connectivity index (χ0n) is 12.0. The Bertz CT molecular complexity index is 742. The topological polar surface area (TPSA) is 42.0 Å². The number of terminal acetylenes is 1. The van der Waals surface area contributed by atoms with Gasteiger partial charge in [0.15, 0.2) is 0 Å².